The van der Waals surface area contributed by atoms with E-state index in [-0.39, 0.29) is 12.6 Å². The summed E-state index contributed by atoms with van der Waals surface area (Å²) in [5, 5.41) is 24.7. The number of hydrogen-bond donors (Lipinski definition) is 1. The Labute approximate surface area is 183 Å². The highest BCUT2D eigenvalue weighted by atomic mass is 35.5. The van der Waals surface area contributed by atoms with Gasteiger partial charge in [-0.05, 0) is 31.5 Å². The van der Waals surface area contributed by atoms with Crippen LogP contribution in [0.25, 0.3) is 11.4 Å². The standard InChI is InChI=1S/C20H22ClN9O/c1-14-18(21)15(2)29(24-14)11-6-10-22-20(31)17-9-12-28(25-17)13-30-26-19(23-27-30)16-7-4-3-5-8-16/h3-5,7-9,12H,6,10-11,13H2,1-2H3,(H,22,31). The quantitative estimate of drug-likeness (QED) is 0.422. The molecule has 0 aliphatic rings. The van der Waals surface area contributed by atoms with Gasteiger partial charge in [-0.1, -0.05) is 41.9 Å². The number of nitrogens with one attached hydrogen (secondary N) is 1. The topological polar surface area (TPSA) is 108 Å². The van der Waals surface area contributed by atoms with Crippen molar-refractivity contribution in [3.05, 3.63) is 64.7 Å². The van der Waals surface area contributed by atoms with Gasteiger partial charge < -0.3 is 5.32 Å². The number of carbonyl (C=O) groups is 1. The molecule has 1 N–H and O–H groups in total. The fourth-order valence-corrected chi connectivity index (χ4v) is 3.25. The van der Waals surface area contributed by atoms with Crippen LogP contribution in [0.2, 0.25) is 5.02 Å². The number of tetrazole rings is 1. The van der Waals surface area contributed by atoms with Crippen LogP contribution in [0.15, 0.2) is 42.6 Å². The van der Waals surface area contributed by atoms with Crippen LogP contribution in [0.1, 0.15) is 28.3 Å². The van der Waals surface area contributed by atoms with E-state index in [0.29, 0.717) is 29.6 Å². The van der Waals surface area contributed by atoms with E-state index in [0.717, 1.165) is 23.4 Å². The molecule has 0 aliphatic heterocycles. The van der Waals surface area contributed by atoms with Crippen LogP contribution in [0.3, 0.4) is 0 Å². The minimum Gasteiger partial charge on any atom is -0.351 e. The van der Waals surface area contributed by atoms with Crippen LogP contribution < -0.4 is 5.32 Å². The first-order valence-corrected chi connectivity index (χ1v) is 10.2. The molecular formula is C20H22ClN9O. The summed E-state index contributed by atoms with van der Waals surface area (Å²) >= 11 is 6.16. The molecule has 1 aromatic carbocycles. The summed E-state index contributed by atoms with van der Waals surface area (Å²) in [4.78, 5) is 13.8. The van der Waals surface area contributed by atoms with Crippen LogP contribution in [0.5, 0.6) is 0 Å². The minimum absolute atomic E-state index is 0.235. The molecule has 10 nitrogen and oxygen atoms in total. The highest BCUT2D eigenvalue weighted by molar-refractivity contribution is 6.31. The molecule has 0 aliphatic carbocycles. The molecule has 4 rings (SSSR count). The van der Waals surface area contributed by atoms with Crippen molar-refractivity contribution < 1.29 is 4.79 Å². The Balaban J connectivity index is 1.28. The van der Waals surface area contributed by atoms with Crippen molar-refractivity contribution in [1.29, 1.82) is 0 Å². The maximum atomic E-state index is 12.4. The Morgan fingerprint density at radius 2 is 1.90 bits per heavy atom. The Kier molecular flexibility index (Phi) is 6.08. The van der Waals surface area contributed by atoms with Gasteiger partial charge in [0.2, 0.25) is 5.82 Å². The third kappa shape index (κ3) is 4.80. The summed E-state index contributed by atoms with van der Waals surface area (Å²) in [5.41, 5.74) is 2.96. The highest BCUT2D eigenvalue weighted by Gasteiger charge is 2.12. The van der Waals surface area contributed by atoms with Gasteiger partial charge in [0, 0.05) is 24.8 Å². The first-order chi connectivity index (χ1) is 15.0. The fourth-order valence-electron chi connectivity index (χ4n) is 3.11. The van der Waals surface area contributed by atoms with Gasteiger partial charge in [0.25, 0.3) is 5.91 Å². The molecular weight excluding hydrogens is 418 g/mol. The van der Waals surface area contributed by atoms with Gasteiger partial charge in [0.1, 0.15) is 5.69 Å². The maximum absolute atomic E-state index is 12.4. The molecule has 1 amide bonds. The predicted molar refractivity (Wildman–Crippen MR) is 115 cm³/mol. The number of nitrogens with zero attached hydrogens (tertiary/aromatic N) is 8. The number of aryl methyl sites for hydroxylation is 2. The Morgan fingerprint density at radius 3 is 2.65 bits per heavy atom. The van der Waals surface area contributed by atoms with Crippen LogP contribution in [-0.4, -0.2) is 52.2 Å². The molecule has 0 unspecified atom stereocenters. The average Bonchev–Trinajstić information content (AvgIpc) is 3.50. The lowest BCUT2D eigenvalue weighted by Gasteiger charge is -2.05. The SMILES string of the molecule is Cc1nn(CCCNC(=O)c2ccn(Cn3nnc(-c4ccccc4)n3)n2)c(C)c1Cl. The van der Waals surface area contributed by atoms with Gasteiger partial charge in [-0.25, -0.2) is 4.68 Å². The maximum Gasteiger partial charge on any atom is 0.271 e. The number of benzene rings is 1. The van der Waals surface area contributed by atoms with Crippen molar-refractivity contribution in [2.45, 2.75) is 33.5 Å². The lowest BCUT2D eigenvalue weighted by atomic mass is 10.2. The van der Waals surface area contributed by atoms with Gasteiger partial charge in [-0.3, -0.25) is 9.48 Å². The van der Waals surface area contributed by atoms with Gasteiger partial charge in [0.15, 0.2) is 6.67 Å². The second-order valence-electron chi connectivity index (χ2n) is 7.05. The first kappa shape index (κ1) is 20.7. The van der Waals surface area contributed by atoms with E-state index in [1.165, 1.54) is 4.80 Å². The summed E-state index contributed by atoms with van der Waals surface area (Å²) in [5.74, 6) is 0.302. The summed E-state index contributed by atoms with van der Waals surface area (Å²) in [7, 11) is 0. The number of hydrogen-bond acceptors (Lipinski definition) is 6. The smallest absolute Gasteiger partial charge is 0.271 e. The summed E-state index contributed by atoms with van der Waals surface area (Å²) in [6.07, 6.45) is 2.44. The summed E-state index contributed by atoms with van der Waals surface area (Å²) in [6, 6.07) is 11.3. The van der Waals surface area contributed by atoms with Gasteiger partial charge in [-0.15, -0.1) is 15.0 Å². The van der Waals surface area contributed by atoms with Gasteiger partial charge >= 0.3 is 0 Å². The highest BCUT2D eigenvalue weighted by Crippen LogP contribution is 2.18. The molecule has 3 heterocycles. The molecule has 0 saturated carbocycles. The van der Waals surface area contributed by atoms with Gasteiger partial charge in [0.05, 0.1) is 16.4 Å². The molecule has 0 saturated heterocycles. The molecule has 31 heavy (non-hydrogen) atoms. The lowest BCUT2D eigenvalue weighted by Crippen LogP contribution is -2.26. The van der Waals surface area contributed by atoms with E-state index in [1.807, 2.05) is 48.9 Å². The van der Waals surface area contributed by atoms with Crippen molar-refractivity contribution in [3.63, 3.8) is 0 Å². The number of aromatic nitrogens is 8. The zero-order valence-electron chi connectivity index (χ0n) is 17.2. The number of amides is 1. The van der Waals surface area contributed by atoms with Crippen molar-refractivity contribution in [1.82, 2.24) is 45.1 Å². The number of halogens is 1. The minimum atomic E-state index is -0.235. The largest absolute Gasteiger partial charge is 0.351 e. The van der Waals surface area contributed by atoms with Crippen LogP contribution in [0, 0.1) is 13.8 Å². The molecule has 4 aromatic rings. The lowest BCUT2D eigenvalue weighted by molar-refractivity contribution is 0.0946. The van der Waals surface area contributed by atoms with Crippen LogP contribution >= 0.6 is 11.6 Å². The first-order valence-electron chi connectivity index (χ1n) is 9.85. The molecule has 160 valence electrons. The van der Waals surface area contributed by atoms with Crippen molar-refractivity contribution in [2.75, 3.05) is 6.54 Å². The third-order valence-corrected chi connectivity index (χ3v) is 5.30. The molecule has 3 aromatic heterocycles. The van der Waals surface area contributed by atoms with E-state index in [1.54, 1.807) is 16.9 Å². The van der Waals surface area contributed by atoms with Crippen molar-refractivity contribution in [3.8, 4) is 11.4 Å². The molecule has 0 spiro atoms. The van der Waals surface area contributed by atoms with Gasteiger partial charge in [-0.2, -0.15) is 10.2 Å². The summed E-state index contributed by atoms with van der Waals surface area (Å²) < 4.78 is 3.44. The Morgan fingerprint density at radius 1 is 1.10 bits per heavy atom. The van der Waals surface area contributed by atoms with E-state index in [2.05, 4.69) is 30.9 Å². The molecule has 11 heteroatoms. The number of rotatable bonds is 8. The van der Waals surface area contributed by atoms with Crippen LogP contribution in [-0.2, 0) is 13.2 Å². The monoisotopic (exact) mass is 439 g/mol. The predicted octanol–water partition coefficient (Wildman–Crippen LogP) is 2.33. The fraction of sp³-hybridized carbons (Fsp3) is 0.300. The molecule has 0 fully saturated rings. The van der Waals surface area contributed by atoms with E-state index in [4.69, 9.17) is 11.6 Å². The van der Waals surface area contributed by atoms with E-state index < -0.39 is 0 Å². The normalized spacial score (nSPS) is 11.1. The van der Waals surface area contributed by atoms with E-state index >= 15 is 0 Å². The molecule has 0 atom stereocenters. The van der Waals surface area contributed by atoms with Crippen molar-refractivity contribution >= 4 is 17.5 Å². The van der Waals surface area contributed by atoms with Crippen LogP contribution in [0.4, 0.5) is 0 Å². The van der Waals surface area contributed by atoms with E-state index in [9.17, 15) is 4.79 Å². The number of carbonyl (C=O) groups excluding carboxylic acids is 1. The zero-order chi connectivity index (χ0) is 21.8. The average molecular weight is 440 g/mol. The Hall–Kier alpha value is -3.53. The third-order valence-electron chi connectivity index (χ3n) is 4.75. The molecule has 0 radical (unpaired) electrons. The molecule has 0 bridgehead atoms. The summed E-state index contributed by atoms with van der Waals surface area (Å²) in [6.45, 7) is 5.25. The second-order valence-corrected chi connectivity index (χ2v) is 7.43. The zero-order valence-corrected chi connectivity index (χ0v) is 18.0. The Bertz CT molecular complexity index is 1180. The van der Waals surface area contributed by atoms with Crippen molar-refractivity contribution in [2.24, 2.45) is 0 Å². The second kappa shape index (κ2) is 9.09.